The van der Waals surface area contributed by atoms with Crippen LogP contribution in [-0.4, -0.2) is 10.8 Å². The molecule has 1 aromatic heterocycles. The number of thiazole rings is 1. The van der Waals surface area contributed by atoms with Gasteiger partial charge in [0.25, 0.3) is 0 Å². The largest absolute Gasteiger partial charge is 0.322 e. The molecule has 0 saturated heterocycles. The van der Waals surface area contributed by atoms with Gasteiger partial charge in [-0.15, -0.1) is 11.3 Å². The first-order valence-electron chi connectivity index (χ1n) is 5.62. The number of aromatic nitrogens is 1. The van der Waals surface area contributed by atoms with Crippen molar-refractivity contribution in [3.05, 3.63) is 51.0 Å². The predicted molar refractivity (Wildman–Crippen MR) is 69.2 cm³/mol. The Morgan fingerprint density at radius 1 is 1.42 bits per heavy atom. The van der Waals surface area contributed by atoms with E-state index in [2.05, 4.69) is 4.98 Å². The summed E-state index contributed by atoms with van der Waals surface area (Å²) in [5.41, 5.74) is 5.30. The van der Waals surface area contributed by atoms with Gasteiger partial charge in [0.1, 0.15) is 22.3 Å². The molecule has 0 amide bonds. The second kappa shape index (κ2) is 5.14. The number of carbonyl (C=O) groups excluding carboxylic acids is 1. The van der Waals surface area contributed by atoms with Crippen LogP contribution in [0.1, 0.15) is 39.6 Å². The molecular weight excluding hydrogens is 270 g/mol. The Morgan fingerprint density at radius 2 is 2.11 bits per heavy atom. The van der Waals surface area contributed by atoms with Crippen molar-refractivity contribution in [1.82, 2.24) is 4.98 Å². The van der Waals surface area contributed by atoms with Crippen LogP contribution >= 0.6 is 11.3 Å². The number of ketones is 1. The van der Waals surface area contributed by atoms with Crippen molar-refractivity contribution in [3.63, 3.8) is 0 Å². The van der Waals surface area contributed by atoms with Gasteiger partial charge in [-0.25, -0.2) is 13.8 Å². The first-order chi connectivity index (χ1) is 8.91. The number of nitrogens with two attached hydrogens (primary N) is 1. The highest BCUT2D eigenvalue weighted by atomic mass is 32.1. The van der Waals surface area contributed by atoms with Crippen LogP contribution in [0.5, 0.6) is 0 Å². The van der Waals surface area contributed by atoms with Crippen molar-refractivity contribution in [3.8, 4) is 0 Å². The van der Waals surface area contributed by atoms with Gasteiger partial charge in [0, 0.05) is 5.38 Å². The lowest BCUT2D eigenvalue weighted by Gasteiger charge is -2.04. The minimum Gasteiger partial charge on any atom is -0.322 e. The molecule has 2 aromatic rings. The van der Waals surface area contributed by atoms with E-state index in [1.165, 1.54) is 29.7 Å². The average molecular weight is 282 g/mol. The number of nitrogens with zero attached hydrogens (tertiary/aromatic N) is 1. The molecule has 1 unspecified atom stereocenters. The summed E-state index contributed by atoms with van der Waals surface area (Å²) in [6.07, 6.45) is 0. The summed E-state index contributed by atoms with van der Waals surface area (Å²) in [6.45, 7) is 3.20. The Bertz CT molecular complexity index is 638. The van der Waals surface area contributed by atoms with E-state index in [0.29, 0.717) is 5.01 Å². The zero-order valence-electron chi connectivity index (χ0n) is 10.4. The molecule has 0 fully saturated rings. The van der Waals surface area contributed by atoms with Gasteiger partial charge in [-0.05, 0) is 25.5 Å². The summed E-state index contributed by atoms with van der Waals surface area (Å²) in [4.78, 5) is 16.1. The molecule has 3 nitrogen and oxygen atoms in total. The van der Waals surface area contributed by atoms with Crippen molar-refractivity contribution in [1.29, 1.82) is 0 Å². The quantitative estimate of drug-likeness (QED) is 0.880. The summed E-state index contributed by atoms with van der Waals surface area (Å²) in [7, 11) is 0. The van der Waals surface area contributed by atoms with Crippen molar-refractivity contribution < 1.29 is 13.6 Å². The third kappa shape index (κ3) is 2.54. The van der Waals surface area contributed by atoms with E-state index < -0.39 is 23.0 Å². The van der Waals surface area contributed by atoms with Crippen LogP contribution in [-0.2, 0) is 0 Å². The van der Waals surface area contributed by atoms with E-state index in [1.807, 2.05) is 0 Å². The second-order valence-corrected chi connectivity index (χ2v) is 5.13. The van der Waals surface area contributed by atoms with E-state index >= 15 is 0 Å². The van der Waals surface area contributed by atoms with Crippen LogP contribution in [0.3, 0.4) is 0 Å². The van der Waals surface area contributed by atoms with E-state index in [4.69, 9.17) is 5.73 Å². The number of carbonyl (C=O) groups is 1. The van der Waals surface area contributed by atoms with Gasteiger partial charge in [0.15, 0.2) is 0 Å². The number of hydrogen-bond acceptors (Lipinski definition) is 4. The first kappa shape index (κ1) is 13.8. The number of hydrogen-bond donors (Lipinski definition) is 1. The summed E-state index contributed by atoms with van der Waals surface area (Å²) < 4.78 is 27.5. The Kier molecular flexibility index (Phi) is 3.73. The zero-order valence-corrected chi connectivity index (χ0v) is 11.2. The van der Waals surface area contributed by atoms with Gasteiger partial charge in [-0.1, -0.05) is 6.07 Å². The fraction of sp³-hybridized carbons (Fsp3) is 0.231. The summed E-state index contributed by atoms with van der Waals surface area (Å²) in [6, 6.07) is 2.04. The zero-order chi connectivity index (χ0) is 14.2. The van der Waals surface area contributed by atoms with E-state index in [1.54, 1.807) is 6.92 Å². The first-order valence-corrected chi connectivity index (χ1v) is 6.50. The average Bonchev–Trinajstić information content (AvgIpc) is 2.84. The lowest BCUT2D eigenvalue weighted by atomic mass is 10.0. The normalized spacial score (nSPS) is 12.5. The summed E-state index contributed by atoms with van der Waals surface area (Å²) in [5.74, 6) is -2.49. The molecule has 0 radical (unpaired) electrons. The van der Waals surface area contributed by atoms with Crippen molar-refractivity contribution in [2.24, 2.45) is 5.73 Å². The highest BCUT2D eigenvalue weighted by molar-refractivity contribution is 7.09. The highest BCUT2D eigenvalue weighted by Crippen LogP contribution is 2.22. The lowest BCUT2D eigenvalue weighted by Crippen LogP contribution is -2.10. The molecule has 100 valence electrons. The lowest BCUT2D eigenvalue weighted by molar-refractivity contribution is 0.102. The molecular formula is C13H12F2N2OS. The maximum absolute atomic E-state index is 13.9. The fourth-order valence-electron chi connectivity index (χ4n) is 1.59. The molecule has 1 heterocycles. The van der Waals surface area contributed by atoms with E-state index in [0.717, 1.165) is 6.07 Å². The van der Waals surface area contributed by atoms with Crippen LogP contribution in [0.25, 0.3) is 0 Å². The topological polar surface area (TPSA) is 56.0 Å². The predicted octanol–water partition coefficient (Wildman–Crippen LogP) is 2.98. The Hall–Kier alpha value is -1.66. The minimum absolute atomic E-state index is 0.0145. The van der Waals surface area contributed by atoms with Crippen molar-refractivity contribution in [2.75, 3.05) is 0 Å². The van der Waals surface area contributed by atoms with Gasteiger partial charge in [-0.3, -0.25) is 4.79 Å². The fourth-order valence-corrected chi connectivity index (χ4v) is 2.35. The summed E-state index contributed by atoms with van der Waals surface area (Å²) >= 11 is 1.19. The van der Waals surface area contributed by atoms with Gasteiger partial charge < -0.3 is 5.73 Å². The minimum atomic E-state index is -0.886. The number of halogens is 2. The molecule has 0 bridgehead atoms. The molecule has 0 aliphatic heterocycles. The molecule has 0 aliphatic rings. The molecule has 2 N–H and O–H groups in total. The molecule has 0 saturated carbocycles. The molecule has 2 rings (SSSR count). The maximum atomic E-state index is 13.9. The molecule has 1 atom stereocenters. The maximum Gasteiger partial charge on any atom is 0.218 e. The monoisotopic (exact) mass is 282 g/mol. The second-order valence-electron chi connectivity index (χ2n) is 4.24. The highest BCUT2D eigenvalue weighted by Gasteiger charge is 2.23. The van der Waals surface area contributed by atoms with E-state index in [-0.39, 0.29) is 17.3 Å². The van der Waals surface area contributed by atoms with Crippen LogP contribution in [0, 0.1) is 18.6 Å². The molecule has 19 heavy (non-hydrogen) atoms. The number of rotatable bonds is 3. The van der Waals surface area contributed by atoms with E-state index in [9.17, 15) is 13.6 Å². The summed E-state index contributed by atoms with van der Waals surface area (Å²) in [5, 5.41) is 2.01. The number of benzene rings is 1. The van der Waals surface area contributed by atoms with Crippen molar-refractivity contribution in [2.45, 2.75) is 19.9 Å². The van der Waals surface area contributed by atoms with Gasteiger partial charge >= 0.3 is 0 Å². The van der Waals surface area contributed by atoms with Crippen LogP contribution in [0.2, 0.25) is 0 Å². The Balaban J connectivity index is 2.47. The van der Waals surface area contributed by atoms with Gasteiger partial charge in [0.05, 0.1) is 11.6 Å². The Labute approximate surface area is 113 Å². The Morgan fingerprint density at radius 3 is 2.68 bits per heavy atom. The standard InChI is InChI=1S/C13H12F2N2OS/c1-6-3-4-8(14)10(11(6)15)12(18)9-5-19-13(17-9)7(2)16/h3-5,7H,16H2,1-2H3. The van der Waals surface area contributed by atoms with Crippen LogP contribution in [0.15, 0.2) is 17.5 Å². The van der Waals surface area contributed by atoms with Gasteiger partial charge in [0.2, 0.25) is 5.78 Å². The molecule has 0 spiro atoms. The third-order valence-corrected chi connectivity index (χ3v) is 3.70. The molecule has 0 aliphatic carbocycles. The van der Waals surface area contributed by atoms with Gasteiger partial charge in [-0.2, -0.15) is 0 Å². The SMILES string of the molecule is Cc1ccc(F)c(C(=O)c2csc(C(C)N)n2)c1F. The molecule has 1 aromatic carbocycles. The third-order valence-electron chi connectivity index (χ3n) is 2.66. The molecule has 6 heteroatoms. The number of aryl methyl sites for hydroxylation is 1. The smallest absolute Gasteiger partial charge is 0.218 e. The van der Waals surface area contributed by atoms with Crippen molar-refractivity contribution >= 4 is 17.1 Å². The van der Waals surface area contributed by atoms with Crippen LogP contribution < -0.4 is 5.73 Å². The van der Waals surface area contributed by atoms with Crippen LogP contribution in [0.4, 0.5) is 8.78 Å².